The lowest BCUT2D eigenvalue weighted by molar-refractivity contribution is -0.136. The quantitative estimate of drug-likeness (QED) is 0.776. The highest BCUT2D eigenvalue weighted by Gasteiger charge is 2.12. The minimum absolute atomic E-state index is 0.0420. The van der Waals surface area contributed by atoms with Crippen LogP contribution in [0.4, 0.5) is 0 Å². The molecule has 0 aliphatic rings. The number of aromatic nitrogens is 1. The van der Waals surface area contributed by atoms with Crippen LogP contribution in [0.1, 0.15) is 5.56 Å². The van der Waals surface area contributed by atoms with E-state index >= 15 is 0 Å². The average Bonchev–Trinajstić information content (AvgIpc) is 2.78. The summed E-state index contributed by atoms with van der Waals surface area (Å²) >= 11 is 0. The van der Waals surface area contributed by atoms with E-state index in [4.69, 9.17) is 5.11 Å². The molecule has 0 atom stereocenters. The molecule has 3 aromatic rings. The lowest BCUT2D eigenvalue weighted by Gasteiger charge is -2.02. The number of carbonyl (C=O) groups is 1. The fourth-order valence-electron chi connectivity index (χ4n) is 2.36. The molecule has 0 fully saturated rings. The summed E-state index contributed by atoms with van der Waals surface area (Å²) in [5.74, 6) is -0.809. The van der Waals surface area contributed by atoms with Crippen LogP contribution < -0.4 is 0 Å². The summed E-state index contributed by atoms with van der Waals surface area (Å²) in [4.78, 5) is 10.9. The van der Waals surface area contributed by atoms with Crippen molar-refractivity contribution in [3.8, 4) is 11.3 Å². The molecule has 1 aromatic carbocycles. The van der Waals surface area contributed by atoms with Crippen molar-refractivity contribution in [1.29, 1.82) is 0 Å². The van der Waals surface area contributed by atoms with Crippen molar-refractivity contribution in [2.75, 3.05) is 0 Å². The van der Waals surface area contributed by atoms with E-state index in [0.717, 1.165) is 22.3 Å². The van der Waals surface area contributed by atoms with Gasteiger partial charge in [0.25, 0.3) is 0 Å². The fourth-order valence-corrected chi connectivity index (χ4v) is 2.36. The van der Waals surface area contributed by atoms with Crippen LogP contribution in [0.15, 0.2) is 60.8 Å². The molecular weight excluding hydrogens is 238 g/mol. The van der Waals surface area contributed by atoms with E-state index in [9.17, 15) is 4.79 Å². The van der Waals surface area contributed by atoms with E-state index < -0.39 is 5.97 Å². The van der Waals surface area contributed by atoms with Crippen LogP contribution in [-0.4, -0.2) is 15.5 Å². The second kappa shape index (κ2) is 4.61. The Morgan fingerprint density at radius 2 is 1.79 bits per heavy atom. The maximum absolute atomic E-state index is 10.9. The van der Waals surface area contributed by atoms with Gasteiger partial charge in [0.05, 0.1) is 12.1 Å². The summed E-state index contributed by atoms with van der Waals surface area (Å²) in [6, 6.07) is 17.8. The van der Waals surface area contributed by atoms with Crippen LogP contribution in [0, 0.1) is 0 Å². The number of benzene rings is 1. The summed E-state index contributed by atoms with van der Waals surface area (Å²) in [5, 5.41) is 9.00. The summed E-state index contributed by atoms with van der Waals surface area (Å²) in [7, 11) is 0. The maximum Gasteiger partial charge on any atom is 0.307 e. The predicted octanol–water partition coefficient (Wildman–Crippen LogP) is 3.23. The van der Waals surface area contributed by atoms with E-state index in [1.54, 1.807) is 0 Å². The van der Waals surface area contributed by atoms with Crippen LogP contribution >= 0.6 is 0 Å². The largest absolute Gasteiger partial charge is 0.481 e. The highest BCUT2D eigenvalue weighted by molar-refractivity contribution is 5.78. The first-order valence-electron chi connectivity index (χ1n) is 6.12. The zero-order valence-corrected chi connectivity index (χ0v) is 10.3. The molecule has 0 aliphatic carbocycles. The zero-order valence-electron chi connectivity index (χ0n) is 10.3. The first-order chi connectivity index (χ1) is 9.25. The fraction of sp³-hybridized carbons (Fsp3) is 0.0625. The molecule has 0 unspecified atom stereocenters. The van der Waals surface area contributed by atoms with Gasteiger partial charge in [-0.15, -0.1) is 0 Å². The van der Waals surface area contributed by atoms with Crippen LogP contribution in [0.25, 0.3) is 16.8 Å². The van der Waals surface area contributed by atoms with Crippen molar-refractivity contribution in [3.05, 3.63) is 66.4 Å². The minimum Gasteiger partial charge on any atom is -0.481 e. The smallest absolute Gasteiger partial charge is 0.307 e. The summed E-state index contributed by atoms with van der Waals surface area (Å²) in [6.45, 7) is 0. The Morgan fingerprint density at radius 1 is 1.05 bits per heavy atom. The number of rotatable bonds is 3. The van der Waals surface area contributed by atoms with Crippen molar-refractivity contribution in [1.82, 2.24) is 4.40 Å². The number of hydrogen-bond donors (Lipinski definition) is 1. The molecule has 0 radical (unpaired) electrons. The molecule has 0 spiro atoms. The molecule has 1 N–H and O–H groups in total. The van der Waals surface area contributed by atoms with Gasteiger partial charge in [-0.1, -0.05) is 36.4 Å². The number of carboxylic acid groups (broad SMARTS) is 1. The van der Waals surface area contributed by atoms with Crippen molar-refractivity contribution in [3.63, 3.8) is 0 Å². The molecule has 2 heterocycles. The average molecular weight is 251 g/mol. The van der Waals surface area contributed by atoms with E-state index in [1.807, 2.05) is 65.2 Å². The first-order valence-corrected chi connectivity index (χ1v) is 6.12. The van der Waals surface area contributed by atoms with Gasteiger partial charge < -0.3 is 9.51 Å². The topological polar surface area (TPSA) is 41.7 Å². The minimum atomic E-state index is -0.809. The number of fused-ring (bicyclic) bond motifs is 1. The monoisotopic (exact) mass is 251 g/mol. The standard InChI is InChI=1S/C16H13NO2/c18-16(19)11-13-10-15(12-6-2-1-3-7-12)17-9-5-4-8-14(13)17/h1-10H,11H2,(H,18,19). The van der Waals surface area contributed by atoms with Gasteiger partial charge in [0.15, 0.2) is 0 Å². The van der Waals surface area contributed by atoms with Gasteiger partial charge in [-0.2, -0.15) is 0 Å². The van der Waals surface area contributed by atoms with Crippen LogP contribution in [0.3, 0.4) is 0 Å². The van der Waals surface area contributed by atoms with E-state index in [-0.39, 0.29) is 6.42 Å². The van der Waals surface area contributed by atoms with Gasteiger partial charge in [0.2, 0.25) is 0 Å². The molecule has 0 bridgehead atoms. The third kappa shape index (κ3) is 2.10. The molecular formula is C16H13NO2. The molecule has 3 heteroatoms. The van der Waals surface area contributed by atoms with Crippen molar-refractivity contribution in [2.45, 2.75) is 6.42 Å². The Hall–Kier alpha value is -2.55. The Labute approximate surface area is 110 Å². The molecule has 94 valence electrons. The number of nitrogens with zero attached hydrogens (tertiary/aromatic N) is 1. The van der Waals surface area contributed by atoms with E-state index in [1.165, 1.54) is 0 Å². The maximum atomic E-state index is 10.9. The Bertz CT molecular complexity index is 729. The van der Waals surface area contributed by atoms with Crippen LogP contribution in [0.5, 0.6) is 0 Å². The second-order valence-electron chi connectivity index (χ2n) is 4.45. The Morgan fingerprint density at radius 3 is 2.53 bits per heavy atom. The van der Waals surface area contributed by atoms with Gasteiger partial charge >= 0.3 is 5.97 Å². The van der Waals surface area contributed by atoms with Crippen LogP contribution in [0.2, 0.25) is 0 Å². The second-order valence-corrected chi connectivity index (χ2v) is 4.45. The molecule has 0 aliphatic heterocycles. The lowest BCUT2D eigenvalue weighted by atomic mass is 10.1. The highest BCUT2D eigenvalue weighted by atomic mass is 16.4. The predicted molar refractivity (Wildman–Crippen MR) is 74.2 cm³/mol. The molecule has 19 heavy (non-hydrogen) atoms. The van der Waals surface area contributed by atoms with Crippen molar-refractivity contribution >= 4 is 11.5 Å². The third-order valence-electron chi connectivity index (χ3n) is 3.17. The number of carboxylic acids is 1. The number of pyridine rings is 1. The Kier molecular flexibility index (Phi) is 2.80. The zero-order chi connectivity index (χ0) is 13.2. The van der Waals surface area contributed by atoms with Gasteiger partial charge in [-0.25, -0.2) is 0 Å². The lowest BCUT2D eigenvalue weighted by Crippen LogP contribution is -1.99. The molecule has 3 rings (SSSR count). The molecule has 0 saturated heterocycles. The molecule has 0 saturated carbocycles. The van der Waals surface area contributed by atoms with Gasteiger partial charge in [-0.3, -0.25) is 4.79 Å². The molecule has 3 nitrogen and oxygen atoms in total. The van der Waals surface area contributed by atoms with Crippen LogP contribution in [-0.2, 0) is 11.2 Å². The van der Waals surface area contributed by atoms with Crippen molar-refractivity contribution in [2.24, 2.45) is 0 Å². The Balaban J connectivity index is 2.23. The first kappa shape index (κ1) is 11.5. The summed E-state index contributed by atoms with van der Waals surface area (Å²) in [5.41, 5.74) is 3.89. The summed E-state index contributed by atoms with van der Waals surface area (Å²) < 4.78 is 2.04. The van der Waals surface area contributed by atoms with Gasteiger partial charge in [0.1, 0.15) is 0 Å². The van der Waals surface area contributed by atoms with Crippen molar-refractivity contribution < 1.29 is 9.90 Å². The number of hydrogen-bond acceptors (Lipinski definition) is 1. The summed E-state index contributed by atoms with van der Waals surface area (Å²) in [6.07, 6.45) is 2.00. The normalized spacial score (nSPS) is 10.7. The van der Waals surface area contributed by atoms with E-state index in [0.29, 0.717) is 0 Å². The molecule has 2 aromatic heterocycles. The highest BCUT2D eigenvalue weighted by Crippen LogP contribution is 2.26. The van der Waals surface area contributed by atoms with Gasteiger partial charge in [0, 0.05) is 11.7 Å². The number of aliphatic carboxylic acids is 1. The van der Waals surface area contributed by atoms with Gasteiger partial charge in [-0.05, 0) is 29.3 Å². The SMILES string of the molecule is O=C(O)Cc1cc(-c2ccccc2)n2ccccc12. The molecule has 0 amide bonds. The van der Waals surface area contributed by atoms with E-state index in [2.05, 4.69) is 0 Å². The third-order valence-corrected chi connectivity index (χ3v) is 3.17.